The Morgan fingerprint density at radius 2 is 1.90 bits per heavy atom. The maximum atomic E-state index is 6.35. The monoisotopic (exact) mass is 290 g/mol. The number of nitrogens with zero attached hydrogens (tertiary/aromatic N) is 1. The molecule has 21 heavy (non-hydrogen) atoms. The van der Waals surface area contributed by atoms with Crippen molar-refractivity contribution in [2.24, 2.45) is 11.7 Å². The highest BCUT2D eigenvalue weighted by atomic mass is 16.6. The van der Waals surface area contributed by atoms with Crippen LogP contribution in [0.25, 0.3) is 0 Å². The molecule has 0 radical (unpaired) electrons. The fraction of sp³-hybridized carbons (Fsp3) is 0.647. The second-order valence-corrected chi connectivity index (χ2v) is 6.32. The van der Waals surface area contributed by atoms with Crippen molar-refractivity contribution in [1.82, 2.24) is 4.90 Å². The predicted octanol–water partition coefficient (Wildman–Crippen LogP) is 2.58. The molecule has 0 aromatic heterocycles. The molecular formula is C17H26N2O2. The van der Waals surface area contributed by atoms with Crippen LogP contribution in [-0.2, 0) is 0 Å². The second-order valence-electron chi connectivity index (χ2n) is 6.32. The van der Waals surface area contributed by atoms with Gasteiger partial charge in [-0.15, -0.1) is 0 Å². The molecule has 4 heteroatoms. The Morgan fingerprint density at radius 3 is 2.67 bits per heavy atom. The Morgan fingerprint density at radius 1 is 1.19 bits per heavy atom. The maximum Gasteiger partial charge on any atom is 0.161 e. The molecule has 1 aromatic carbocycles. The minimum absolute atomic E-state index is 0.0696. The van der Waals surface area contributed by atoms with Gasteiger partial charge < -0.3 is 20.1 Å². The van der Waals surface area contributed by atoms with Crippen LogP contribution in [-0.4, -0.2) is 37.7 Å². The van der Waals surface area contributed by atoms with E-state index in [9.17, 15) is 0 Å². The summed E-state index contributed by atoms with van der Waals surface area (Å²) in [6.07, 6.45) is 3.63. The Bertz CT molecular complexity index is 470. The molecule has 4 nitrogen and oxygen atoms in total. The average Bonchev–Trinajstić information content (AvgIpc) is 2.53. The van der Waals surface area contributed by atoms with Crippen molar-refractivity contribution in [3.63, 3.8) is 0 Å². The number of hydrogen-bond acceptors (Lipinski definition) is 4. The summed E-state index contributed by atoms with van der Waals surface area (Å²) in [4.78, 5) is 2.54. The molecule has 116 valence electrons. The fourth-order valence-electron chi connectivity index (χ4n) is 3.06. The third-order valence-corrected chi connectivity index (χ3v) is 4.63. The van der Waals surface area contributed by atoms with Gasteiger partial charge in [0.05, 0.1) is 0 Å². The third-order valence-electron chi connectivity index (χ3n) is 4.63. The molecule has 2 N–H and O–H groups in total. The number of fused-ring (bicyclic) bond motifs is 1. The van der Waals surface area contributed by atoms with E-state index in [0.29, 0.717) is 13.2 Å². The van der Waals surface area contributed by atoms with Gasteiger partial charge in [-0.05, 0) is 62.5 Å². The molecule has 0 amide bonds. The van der Waals surface area contributed by atoms with Crippen LogP contribution >= 0.6 is 0 Å². The Balaban J connectivity index is 1.54. The minimum Gasteiger partial charge on any atom is -0.486 e. The molecular weight excluding hydrogens is 264 g/mol. The highest BCUT2D eigenvalue weighted by Crippen LogP contribution is 2.32. The highest BCUT2D eigenvalue weighted by molar-refractivity contribution is 5.44. The van der Waals surface area contributed by atoms with Gasteiger partial charge in [-0.25, -0.2) is 0 Å². The van der Waals surface area contributed by atoms with Gasteiger partial charge in [0.2, 0.25) is 0 Å². The number of benzene rings is 1. The molecule has 1 fully saturated rings. The van der Waals surface area contributed by atoms with E-state index in [1.807, 2.05) is 12.1 Å². The van der Waals surface area contributed by atoms with Gasteiger partial charge in [-0.2, -0.15) is 0 Å². The molecule has 1 aromatic rings. The van der Waals surface area contributed by atoms with Crippen LogP contribution < -0.4 is 15.2 Å². The number of nitrogens with two attached hydrogens (primary N) is 1. The zero-order chi connectivity index (χ0) is 14.7. The summed E-state index contributed by atoms with van der Waals surface area (Å²) in [5.74, 6) is 2.55. The summed E-state index contributed by atoms with van der Waals surface area (Å²) < 4.78 is 11.2. The van der Waals surface area contributed by atoms with Crippen LogP contribution in [0.2, 0.25) is 0 Å². The van der Waals surface area contributed by atoms with Crippen LogP contribution in [0, 0.1) is 5.92 Å². The molecule has 2 aliphatic rings. The summed E-state index contributed by atoms with van der Waals surface area (Å²) in [7, 11) is 0. The van der Waals surface area contributed by atoms with Gasteiger partial charge in [-0.3, -0.25) is 0 Å². The molecule has 0 spiro atoms. The van der Waals surface area contributed by atoms with Gasteiger partial charge in [0, 0.05) is 6.04 Å². The van der Waals surface area contributed by atoms with E-state index in [1.54, 1.807) is 0 Å². The van der Waals surface area contributed by atoms with Crippen LogP contribution in [0.15, 0.2) is 18.2 Å². The smallest absolute Gasteiger partial charge is 0.161 e. The van der Waals surface area contributed by atoms with Gasteiger partial charge in [0.1, 0.15) is 13.2 Å². The molecule has 2 heterocycles. The van der Waals surface area contributed by atoms with E-state index in [1.165, 1.54) is 25.9 Å². The first kappa shape index (κ1) is 14.7. The fourth-order valence-corrected chi connectivity index (χ4v) is 3.06. The topological polar surface area (TPSA) is 47.7 Å². The van der Waals surface area contributed by atoms with Crippen molar-refractivity contribution in [3.05, 3.63) is 23.8 Å². The van der Waals surface area contributed by atoms with E-state index in [4.69, 9.17) is 15.2 Å². The average molecular weight is 290 g/mol. The molecule has 2 aliphatic heterocycles. The summed E-state index contributed by atoms with van der Waals surface area (Å²) in [6.45, 7) is 7.12. The lowest BCUT2D eigenvalue weighted by atomic mass is 9.98. The number of hydrogen-bond donors (Lipinski definition) is 1. The van der Waals surface area contributed by atoms with Crippen molar-refractivity contribution < 1.29 is 9.47 Å². The van der Waals surface area contributed by atoms with Gasteiger partial charge in [-0.1, -0.05) is 13.0 Å². The Kier molecular flexibility index (Phi) is 4.66. The first-order valence-electron chi connectivity index (χ1n) is 8.10. The lowest BCUT2D eigenvalue weighted by Gasteiger charge is -2.31. The summed E-state index contributed by atoms with van der Waals surface area (Å²) >= 11 is 0. The van der Waals surface area contributed by atoms with E-state index in [-0.39, 0.29) is 6.04 Å². The summed E-state index contributed by atoms with van der Waals surface area (Å²) in [5, 5.41) is 0. The van der Waals surface area contributed by atoms with E-state index >= 15 is 0 Å². The van der Waals surface area contributed by atoms with Crippen LogP contribution in [0.5, 0.6) is 11.5 Å². The third kappa shape index (κ3) is 3.69. The summed E-state index contributed by atoms with van der Waals surface area (Å²) in [5.41, 5.74) is 7.49. The second kappa shape index (κ2) is 6.67. The van der Waals surface area contributed by atoms with Crippen molar-refractivity contribution in [2.75, 3.05) is 32.8 Å². The highest BCUT2D eigenvalue weighted by Gasteiger charge is 2.18. The Hall–Kier alpha value is -1.26. The lowest BCUT2D eigenvalue weighted by molar-refractivity contribution is 0.171. The molecule has 1 atom stereocenters. The molecule has 0 aliphatic carbocycles. The van der Waals surface area contributed by atoms with Gasteiger partial charge in [0.15, 0.2) is 11.5 Å². The van der Waals surface area contributed by atoms with E-state index < -0.39 is 0 Å². The first-order chi connectivity index (χ1) is 10.2. The minimum atomic E-state index is 0.0696. The van der Waals surface area contributed by atoms with Crippen LogP contribution in [0.3, 0.4) is 0 Å². The van der Waals surface area contributed by atoms with Gasteiger partial charge >= 0.3 is 0 Å². The zero-order valence-electron chi connectivity index (χ0n) is 12.9. The lowest BCUT2D eigenvalue weighted by Crippen LogP contribution is -2.34. The largest absolute Gasteiger partial charge is 0.486 e. The van der Waals surface area contributed by atoms with Crippen molar-refractivity contribution in [3.8, 4) is 11.5 Å². The number of rotatable bonds is 4. The van der Waals surface area contributed by atoms with Crippen LogP contribution in [0.4, 0.5) is 0 Å². The standard InChI is InChI=1S/C17H26N2O2/c1-13-4-7-19(8-5-13)9-6-15(18)14-2-3-16-17(12-14)21-11-10-20-16/h2-3,12-13,15H,4-11,18H2,1H3. The SMILES string of the molecule is CC1CCN(CCC(N)c2ccc3c(c2)OCCO3)CC1. The normalized spacial score (nSPS) is 21.2. The van der Waals surface area contributed by atoms with Crippen molar-refractivity contribution >= 4 is 0 Å². The van der Waals surface area contributed by atoms with Gasteiger partial charge in [0.25, 0.3) is 0 Å². The van der Waals surface area contributed by atoms with Crippen molar-refractivity contribution in [1.29, 1.82) is 0 Å². The quantitative estimate of drug-likeness (QED) is 0.926. The summed E-state index contributed by atoms with van der Waals surface area (Å²) in [6, 6.07) is 6.15. The predicted molar refractivity (Wildman–Crippen MR) is 83.8 cm³/mol. The molecule has 1 saturated heterocycles. The number of piperidine rings is 1. The van der Waals surface area contributed by atoms with Crippen LogP contribution in [0.1, 0.15) is 37.8 Å². The molecule has 0 saturated carbocycles. The maximum absolute atomic E-state index is 6.35. The Labute approximate surface area is 127 Å². The zero-order valence-corrected chi connectivity index (χ0v) is 12.9. The first-order valence-corrected chi connectivity index (χ1v) is 8.10. The van der Waals surface area contributed by atoms with Crippen molar-refractivity contribution in [2.45, 2.75) is 32.2 Å². The molecule has 3 rings (SSSR count). The van der Waals surface area contributed by atoms with E-state index in [0.717, 1.165) is 35.9 Å². The van der Waals surface area contributed by atoms with E-state index in [2.05, 4.69) is 17.9 Å². The molecule has 1 unspecified atom stereocenters. The molecule has 0 bridgehead atoms. The number of likely N-dealkylation sites (tertiary alicyclic amines) is 1. The number of ether oxygens (including phenoxy) is 2.